The van der Waals surface area contributed by atoms with Gasteiger partial charge in [-0.3, -0.25) is 4.79 Å². The highest BCUT2D eigenvalue weighted by atomic mass is 19.2. The van der Waals surface area contributed by atoms with Crippen molar-refractivity contribution in [3.63, 3.8) is 0 Å². The lowest BCUT2D eigenvalue weighted by atomic mass is 10.1. The van der Waals surface area contributed by atoms with E-state index in [2.05, 4.69) is 0 Å². The third-order valence-electron chi connectivity index (χ3n) is 1.57. The Balaban J connectivity index is 3.51. The van der Waals surface area contributed by atoms with Crippen LogP contribution in [0, 0.1) is 24.4 Å². The summed E-state index contributed by atoms with van der Waals surface area (Å²) >= 11 is 0. The predicted octanol–water partition coefficient (Wildman–Crippen LogP) is 2.22. The van der Waals surface area contributed by atoms with E-state index in [9.17, 15) is 18.0 Å². The minimum absolute atomic E-state index is 0.160. The second-order valence-corrected chi connectivity index (χ2v) is 2.31. The molecule has 0 bridgehead atoms. The number of aldehydes is 1. The summed E-state index contributed by atoms with van der Waals surface area (Å²) in [4.78, 5) is 10.2. The number of carbonyl (C=O) groups excluding carboxylic acids is 1. The Hall–Kier alpha value is -1.32. The summed E-state index contributed by atoms with van der Waals surface area (Å²) in [5, 5.41) is 0. The highest BCUT2D eigenvalue weighted by Gasteiger charge is 2.14. The number of benzene rings is 1. The Morgan fingerprint density at radius 2 is 1.83 bits per heavy atom. The van der Waals surface area contributed by atoms with Crippen LogP contribution in [0.15, 0.2) is 6.07 Å². The van der Waals surface area contributed by atoms with Crippen LogP contribution in [0.1, 0.15) is 15.9 Å². The van der Waals surface area contributed by atoms with Crippen molar-refractivity contribution < 1.29 is 18.0 Å². The van der Waals surface area contributed by atoms with Gasteiger partial charge in [0.15, 0.2) is 17.9 Å². The summed E-state index contributed by atoms with van der Waals surface area (Å²) in [6.45, 7) is 1.14. The van der Waals surface area contributed by atoms with E-state index in [-0.39, 0.29) is 11.8 Å². The van der Waals surface area contributed by atoms with Crippen molar-refractivity contribution in [2.24, 2.45) is 0 Å². The second kappa shape index (κ2) is 2.97. The molecule has 0 heterocycles. The van der Waals surface area contributed by atoms with Crippen LogP contribution in [0.25, 0.3) is 0 Å². The van der Waals surface area contributed by atoms with Gasteiger partial charge in [-0.2, -0.15) is 0 Å². The van der Waals surface area contributed by atoms with Crippen molar-refractivity contribution in [3.8, 4) is 0 Å². The topological polar surface area (TPSA) is 17.1 Å². The van der Waals surface area contributed by atoms with E-state index in [4.69, 9.17) is 0 Å². The zero-order chi connectivity index (χ0) is 9.30. The number of rotatable bonds is 1. The Kier molecular flexibility index (Phi) is 2.17. The molecule has 1 rings (SSSR count). The molecule has 1 aromatic carbocycles. The standard InChI is InChI=1S/C8H5F3O/c1-4-5(3-12)6(9)2-7(10)8(4)11/h2-3H,1H3. The third kappa shape index (κ3) is 1.20. The monoisotopic (exact) mass is 174 g/mol. The smallest absolute Gasteiger partial charge is 0.162 e. The van der Waals surface area contributed by atoms with Crippen LogP contribution in [-0.4, -0.2) is 6.29 Å². The molecule has 0 spiro atoms. The first kappa shape index (κ1) is 8.77. The molecule has 4 heteroatoms. The molecule has 0 saturated carbocycles. The van der Waals surface area contributed by atoms with Crippen molar-refractivity contribution in [2.75, 3.05) is 0 Å². The van der Waals surface area contributed by atoms with Crippen LogP contribution >= 0.6 is 0 Å². The quantitative estimate of drug-likeness (QED) is 0.471. The number of halogens is 3. The van der Waals surface area contributed by atoms with E-state index in [1.165, 1.54) is 0 Å². The van der Waals surface area contributed by atoms with Gasteiger partial charge in [0.05, 0.1) is 5.56 Å². The van der Waals surface area contributed by atoms with Crippen LogP contribution in [0.2, 0.25) is 0 Å². The van der Waals surface area contributed by atoms with E-state index in [0.29, 0.717) is 6.07 Å². The van der Waals surface area contributed by atoms with Gasteiger partial charge in [0.2, 0.25) is 0 Å². The van der Waals surface area contributed by atoms with Gasteiger partial charge >= 0.3 is 0 Å². The van der Waals surface area contributed by atoms with Gasteiger partial charge in [-0.1, -0.05) is 0 Å². The fraction of sp³-hybridized carbons (Fsp3) is 0.125. The molecule has 64 valence electrons. The summed E-state index contributed by atoms with van der Waals surface area (Å²) in [6.07, 6.45) is 0.160. The molecule has 0 N–H and O–H groups in total. The lowest BCUT2D eigenvalue weighted by molar-refractivity contribution is 0.111. The predicted molar refractivity (Wildman–Crippen MR) is 36.4 cm³/mol. The summed E-state index contributed by atoms with van der Waals surface area (Å²) in [5.41, 5.74) is -0.739. The molecule has 1 nitrogen and oxygen atoms in total. The molecule has 0 unspecified atom stereocenters. The van der Waals surface area contributed by atoms with Crippen LogP contribution in [-0.2, 0) is 0 Å². The van der Waals surface area contributed by atoms with Crippen LogP contribution in [0.4, 0.5) is 13.2 Å². The molecule has 1 aromatic rings. The average Bonchev–Trinajstić information content (AvgIpc) is 2.01. The number of hydrogen-bond acceptors (Lipinski definition) is 1. The molecular formula is C8H5F3O. The fourth-order valence-electron chi connectivity index (χ4n) is 0.874. The molecule has 0 saturated heterocycles. The van der Waals surface area contributed by atoms with E-state index in [1.807, 2.05) is 0 Å². The number of carbonyl (C=O) groups is 1. The largest absolute Gasteiger partial charge is 0.298 e. The zero-order valence-electron chi connectivity index (χ0n) is 6.20. The summed E-state index contributed by atoms with van der Waals surface area (Å²) in [7, 11) is 0. The lowest BCUT2D eigenvalue weighted by Crippen LogP contribution is -1.99. The summed E-state index contributed by atoms with van der Waals surface area (Å²) < 4.78 is 37.7. The van der Waals surface area contributed by atoms with Gasteiger partial charge in [0.1, 0.15) is 5.82 Å². The number of hydrogen-bond donors (Lipinski definition) is 0. The highest BCUT2D eigenvalue weighted by molar-refractivity contribution is 5.77. The second-order valence-electron chi connectivity index (χ2n) is 2.31. The van der Waals surface area contributed by atoms with Gasteiger partial charge < -0.3 is 0 Å². The molecule has 0 aliphatic carbocycles. The van der Waals surface area contributed by atoms with E-state index in [0.717, 1.165) is 6.92 Å². The normalized spacial score (nSPS) is 10.0. The van der Waals surface area contributed by atoms with E-state index >= 15 is 0 Å². The van der Waals surface area contributed by atoms with E-state index < -0.39 is 23.0 Å². The van der Waals surface area contributed by atoms with Gasteiger partial charge in [0, 0.05) is 11.6 Å². The maximum Gasteiger partial charge on any atom is 0.162 e. The van der Waals surface area contributed by atoms with Crippen molar-refractivity contribution in [2.45, 2.75) is 6.92 Å². The lowest BCUT2D eigenvalue weighted by Gasteiger charge is -2.01. The van der Waals surface area contributed by atoms with Crippen LogP contribution in [0.5, 0.6) is 0 Å². The van der Waals surface area contributed by atoms with Crippen molar-refractivity contribution in [3.05, 3.63) is 34.6 Å². The molecule has 0 aliphatic rings. The zero-order valence-corrected chi connectivity index (χ0v) is 6.20. The maximum absolute atomic E-state index is 12.7. The van der Waals surface area contributed by atoms with Crippen molar-refractivity contribution in [1.82, 2.24) is 0 Å². The Labute approximate surface area is 66.8 Å². The maximum atomic E-state index is 12.7. The first-order valence-corrected chi connectivity index (χ1v) is 3.17. The highest BCUT2D eigenvalue weighted by Crippen LogP contribution is 2.17. The van der Waals surface area contributed by atoms with Gasteiger partial charge in [-0.05, 0) is 6.92 Å². The molecule has 0 atom stereocenters. The average molecular weight is 174 g/mol. The minimum atomic E-state index is -1.28. The molecular weight excluding hydrogens is 169 g/mol. The van der Waals surface area contributed by atoms with Crippen molar-refractivity contribution >= 4 is 6.29 Å². The fourth-order valence-corrected chi connectivity index (χ4v) is 0.874. The minimum Gasteiger partial charge on any atom is -0.298 e. The Morgan fingerprint density at radius 1 is 1.25 bits per heavy atom. The third-order valence-corrected chi connectivity index (χ3v) is 1.57. The summed E-state index contributed by atoms with van der Waals surface area (Å²) in [6, 6.07) is 0.353. The molecule has 0 fully saturated rings. The molecule has 0 amide bonds. The van der Waals surface area contributed by atoms with Gasteiger partial charge in [-0.15, -0.1) is 0 Å². The van der Waals surface area contributed by atoms with Crippen LogP contribution in [0.3, 0.4) is 0 Å². The van der Waals surface area contributed by atoms with E-state index in [1.54, 1.807) is 0 Å². The molecule has 0 aliphatic heterocycles. The van der Waals surface area contributed by atoms with Crippen LogP contribution < -0.4 is 0 Å². The SMILES string of the molecule is Cc1c(F)c(F)cc(F)c1C=O. The summed E-state index contributed by atoms with van der Waals surface area (Å²) in [5.74, 6) is -3.50. The first-order valence-electron chi connectivity index (χ1n) is 3.17. The molecule has 12 heavy (non-hydrogen) atoms. The van der Waals surface area contributed by atoms with Crippen molar-refractivity contribution in [1.29, 1.82) is 0 Å². The Bertz CT molecular complexity index is 334. The molecule has 0 radical (unpaired) electrons. The van der Waals surface area contributed by atoms with Gasteiger partial charge in [0.25, 0.3) is 0 Å². The first-order chi connectivity index (χ1) is 5.57. The van der Waals surface area contributed by atoms with Gasteiger partial charge in [-0.25, -0.2) is 13.2 Å². The Morgan fingerprint density at radius 3 is 2.33 bits per heavy atom. The molecule has 0 aromatic heterocycles.